The molecular formula is C18H20O2. The first kappa shape index (κ1) is 14.3. The first-order chi connectivity index (χ1) is 9.88. The summed E-state index contributed by atoms with van der Waals surface area (Å²) in [7, 11) is 0. The number of rotatable bonds is 7. The average molecular weight is 268 g/mol. The minimum atomic E-state index is 0.712. The van der Waals surface area contributed by atoms with Gasteiger partial charge in [0.2, 0.25) is 0 Å². The fourth-order valence-corrected chi connectivity index (χ4v) is 2.09. The highest BCUT2D eigenvalue weighted by molar-refractivity contribution is 5.77. The van der Waals surface area contributed by atoms with Crippen LogP contribution < -0.4 is 0 Å². The summed E-state index contributed by atoms with van der Waals surface area (Å²) in [6.45, 7) is 0.722. The summed E-state index contributed by atoms with van der Waals surface area (Å²) in [5, 5.41) is 0. The number of hydrogen-bond donors (Lipinski definition) is 0. The summed E-state index contributed by atoms with van der Waals surface area (Å²) >= 11 is 0. The van der Waals surface area contributed by atoms with E-state index in [-0.39, 0.29) is 0 Å². The molecule has 0 aliphatic heterocycles. The second-order valence-electron chi connectivity index (χ2n) is 4.79. The fraction of sp³-hybridized carbons (Fsp3) is 0.278. The van der Waals surface area contributed by atoms with E-state index in [0.717, 1.165) is 44.3 Å². The molecule has 1 aliphatic carbocycles. The zero-order valence-electron chi connectivity index (χ0n) is 11.6. The van der Waals surface area contributed by atoms with Crippen molar-refractivity contribution in [2.24, 2.45) is 0 Å². The summed E-state index contributed by atoms with van der Waals surface area (Å²) in [6.07, 6.45) is 12.4. The van der Waals surface area contributed by atoms with Crippen LogP contribution in [-0.4, -0.2) is 12.9 Å². The number of benzene rings is 1. The first-order valence-corrected chi connectivity index (χ1v) is 7.09. The third-order valence-corrected chi connectivity index (χ3v) is 3.22. The molecule has 0 N–H and O–H groups in total. The minimum Gasteiger partial charge on any atom is -0.494 e. The van der Waals surface area contributed by atoms with Gasteiger partial charge in [0.25, 0.3) is 0 Å². The Hall–Kier alpha value is -2.09. The lowest BCUT2D eigenvalue weighted by molar-refractivity contribution is -0.104. The van der Waals surface area contributed by atoms with Gasteiger partial charge in [-0.05, 0) is 49.5 Å². The van der Waals surface area contributed by atoms with Crippen molar-refractivity contribution in [3.05, 3.63) is 71.5 Å². The predicted octanol–water partition coefficient (Wildman–Crippen LogP) is 4.00. The molecule has 0 spiro atoms. The maximum absolute atomic E-state index is 10.7. The van der Waals surface area contributed by atoms with Crippen LogP contribution in [0.4, 0.5) is 0 Å². The molecule has 0 aromatic heterocycles. The molecule has 2 rings (SSSR count). The van der Waals surface area contributed by atoms with Gasteiger partial charge in [0.15, 0.2) is 0 Å². The molecule has 1 aromatic carbocycles. The van der Waals surface area contributed by atoms with Gasteiger partial charge in [-0.25, -0.2) is 0 Å². The molecule has 20 heavy (non-hydrogen) atoms. The molecule has 0 radical (unpaired) electrons. The Morgan fingerprint density at radius 3 is 2.70 bits per heavy atom. The highest BCUT2D eigenvalue weighted by Gasteiger charge is 1.99. The normalized spacial score (nSPS) is 14.2. The van der Waals surface area contributed by atoms with Crippen molar-refractivity contribution >= 4 is 6.29 Å². The van der Waals surface area contributed by atoms with Crippen molar-refractivity contribution < 1.29 is 9.53 Å². The Morgan fingerprint density at radius 1 is 1.05 bits per heavy atom. The molecule has 1 aliphatic rings. The molecule has 2 heteroatoms. The van der Waals surface area contributed by atoms with E-state index in [1.54, 1.807) is 6.08 Å². The van der Waals surface area contributed by atoms with E-state index in [0.29, 0.717) is 5.57 Å². The number of carbonyl (C=O) groups is 1. The van der Waals surface area contributed by atoms with E-state index in [4.69, 9.17) is 4.74 Å². The molecule has 0 bridgehead atoms. The van der Waals surface area contributed by atoms with E-state index in [2.05, 4.69) is 24.3 Å². The van der Waals surface area contributed by atoms with Crippen LogP contribution in [0.5, 0.6) is 0 Å². The van der Waals surface area contributed by atoms with E-state index in [1.807, 2.05) is 24.3 Å². The second-order valence-corrected chi connectivity index (χ2v) is 4.79. The van der Waals surface area contributed by atoms with Crippen LogP contribution in [0.15, 0.2) is 66.0 Å². The van der Waals surface area contributed by atoms with Crippen molar-refractivity contribution in [2.75, 3.05) is 6.61 Å². The standard InChI is InChI=1S/C18H20O2/c19-15-17-10-6-11-18(13-12-17)20-14-5-4-9-16-7-2-1-3-8-16/h1-3,7-8,10-13,15H,4-6,9,14H2. The highest BCUT2D eigenvalue weighted by atomic mass is 16.5. The summed E-state index contributed by atoms with van der Waals surface area (Å²) in [5.74, 6) is 0.859. The monoisotopic (exact) mass is 268 g/mol. The van der Waals surface area contributed by atoms with Crippen molar-refractivity contribution in [1.29, 1.82) is 0 Å². The van der Waals surface area contributed by atoms with Crippen LogP contribution in [-0.2, 0) is 16.0 Å². The van der Waals surface area contributed by atoms with E-state index in [1.165, 1.54) is 5.56 Å². The van der Waals surface area contributed by atoms with Crippen LogP contribution in [0.25, 0.3) is 0 Å². The maximum Gasteiger partial charge on any atom is 0.149 e. The van der Waals surface area contributed by atoms with Gasteiger partial charge in [0, 0.05) is 5.57 Å². The number of unbranched alkanes of at least 4 members (excludes halogenated alkanes) is 1. The van der Waals surface area contributed by atoms with Gasteiger partial charge in [-0.15, -0.1) is 0 Å². The molecule has 2 nitrogen and oxygen atoms in total. The quantitative estimate of drug-likeness (QED) is 0.552. The van der Waals surface area contributed by atoms with Crippen molar-refractivity contribution in [2.45, 2.75) is 25.7 Å². The van der Waals surface area contributed by atoms with Crippen molar-refractivity contribution in [3.63, 3.8) is 0 Å². The van der Waals surface area contributed by atoms with E-state index < -0.39 is 0 Å². The Labute approximate surface area is 120 Å². The summed E-state index contributed by atoms with van der Waals surface area (Å²) < 4.78 is 5.72. The predicted molar refractivity (Wildman–Crippen MR) is 81.3 cm³/mol. The van der Waals surface area contributed by atoms with Gasteiger partial charge in [-0.1, -0.05) is 36.4 Å². The number of carbonyl (C=O) groups excluding carboxylic acids is 1. The third-order valence-electron chi connectivity index (χ3n) is 3.22. The highest BCUT2D eigenvalue weighted by Crippen LogP contribution is 2.11. The minimum absolute atomic E-state index is 0.712. The van der Waals surface area contributed by atoms with Crippen LogP contribution in [0.1, 0.15) is 24.8 Å². The fourth-order valence-electron chi connectivity index (χ4n) is 2.09. The number of ether oxygens (including phenoxy) is 1. The lowest BCUT2D eigenvalue weighted by Gasteiger charge is -2.06. The van der Waals surface area contributed by atoms with E-state index >= 15 is 0 Å². The maximum atomic E-state index is 10.7. The largest absolute Gasteiger partial charge is 0.494 e. The van der Waals surface area contributed by atoms with E-state index in [9.17, 15) is 4.79 Å². The number of hydrogen-bond acceptors (Lipinski definition) is 2. The van der Waals surface area contributed by atoms with Gasteiger partial charge in [-0.2, -0.15) is 0 Å². The smallest absolute Gasteiger partial charge is 0.149 e. The number of allylic oxidation sites excluding steroid dienone is 5. The molecule has 0 amide bonds. The molecule has 0 unspecified atom stereocenters. The molecule has 104 valence electrons. The first-order valence-electron chi connectivity index (χ1n) is 7.09. The van der Waals surface area contributed by atoms with Gasteiger partial charge < -0.3 is 4.74 Å². The van der Waals surface area contributed by atoms with Gasteiger partial charge >= 0.3 is 0 Å². The Morgan fingerprint density at radius 2 is 1.90 bits per heavy atom. The average Bonchev–Trinajstić information content (AvgIpc) is 2.73. The van der Waals surface area contributed by atoms with Crippen molar-refractivity contribution in [1.82, 2.24) is 0 Å². The molecule has 0 saturated heterocycles. The molecule has 1 aromatic rings. The van der Waals surface area contributed by atoms with Crippen LogP contribution in [0, 0.1) is 0 Å². The summed E-state index contributed by atoms with van der Waals surface area (Å²) in [4.78, 5) is 10.7. The summed E-state index contributed by atoms with van der Waals surface area (Å²) in [6, 6.07) is 10.5. The Bertz CT molecular complexity index is 509. The van der Waals surface area contributed by atoms with Crippen LogP contribution in [0.3, 0.4) is 0 Å². The molecular weight excluding hydrogens is 248 g/mol. The van der Waals surface area contributed by atoms with Crippen LogP contribution in [0.2, 0.25) is 0 Å². The third kappa shape index (κ3) is 4.88. The molecule has 0 saturated carbocycles. The molecule has 0 heterocycles. The zero-order chi connectivity index (χ0) is 14.0. The lowest BCUT2D eigenvalue weighted by atomic mass is 10.1. The molecule has 0 atom stereocenters. The van der Waals surface area contributed by atoms with Gasteiger partial charge in [0.05, 0.1) is 6.61 Å². The molecule has 0 fully saturated rings. The van der Waals surface area contributed by atoms with Gasteiger partial charge in [0.1, 0.15) is 12.0 Å². The number of aryl methyl sites for hydroxylation is 1. The SMILES string of the molecule is O=CC1=CCC=C(OCCCCc2ccccc2)C=C1. The zero-order valence-corrected chi connectivity index (χ0v) is 11.6. The second kappa shape index (κ2) is 8.16. The Kier molecular flexibility index (Phi) is 5.84. The number of aldehydes is 1. The van der Waals surface area contributed by atoms with Crippen molar-refractivity contribution in [3.8, 4) is 0 Å². The van der Waals surface area contributed by atoms with Gasteiger partial charge in [-0.3, -0.25) is 4.79 Å². The summed E-state index contributed by atoms with van der Waals surface area (Å²) in [5.41, 5.74) is 2.09. The lowest BCUT2D eigenvalue weighted by Crippen LogP contribution is -1.95. The Balaban J connectivity index is 1.64. The topological polar surface area (TPSA) is 26.3 Å². The van der Waals surface area contributed by atoms with Crippen LogP contribution >= 0.6 is 0 Å².